The average Bonchev–Trinajstić information content (AvgIpc) is 2.53. The third-order valence-electron chi connectivity index (χ3n) is 4.07. The van der Waals surface area contributed by atoms with Crippen LogP contribution in [0.25, 0.3) is 0 Å². The first kappa shape index (κ1) is 22.4. The van der Waals surface area contributed by atoms with Gasteiger partial charge < -0.3 is 9.47 Å². The Bertz CT molecular complexity index is 702. The van der Waals surface area contributed by atoms with Crippen molar-refractivity contribution in [2.75, 3.05) is 27.3 Å². The summed E-state index contributed by atoms with van der Waals surface area (Å²) in [5.41, 5.74) is -2.76. The maximum atomic E-state index is 14.1. The zero-order valence-corrected chi connectivity index (χ0v) is 15.3. The number of hydrogen-bond donors (Lipinski definition) is 0. The maximum Gasteiger partial charge on any atom is 0.334 e. The third-order valence-corrected chi connectivity index (χ3v) is 6.45. The van der Waals surface area contributed by atoms with E-state index in [1.54, 1.807) is 0 Å². The molecule has 0 fully saturated rings. The molecule has 0 saturated carbocycles. The van der Waals surface area contributed by atoms with E-state index in [0.29, 0.717) is 0 Å². The van der Waals surface area contributed by atoms with Crippen LogP contribution in [0.5, 0.6) is 0 Å². The monoisotopic (exact) mass is 405 g/mol. The second-order valence-corrected chi connectivity index (χ2v) is 7.35. The summed E-state index contributed by atoms with van der Waals surface area (Å²) < 4.78 is 88.7. The fraction of sp³-hybridized carbons (Fsp3) is 0.714. The summed E-state index contributed by atoms with van der Waals surface area (Å²) in [6.07, 6.45) is -4.29. The quantitative estimate of drug-likeness (QED) is 0.445. The number of esters is 2. The molecule has 0 bridgehead atoms. The SMILES string of the molecule is CCN(CC)S(=O)(=O)[C@@H]1C(C(F)(F)C(F)F)=C(C(=O)OC)[C@H]1C(=O)OC. The number of methoxy groups -OCH3 is 2. The van der Waals surface area contributed by atoms with E-state index in [1.165, 1.54) is 13.8 Å². The second kappa shape index (κ2) is 7.91. The van der Waals surface area contributed by atoms with Crippen LogP contribution in [0.2, 0.25) is 0 Å². The molecule has 0 aromatic carbocycles. The van der Waals surface area contributed by atoms with Crippen molar-refractivity contribution in [1.82, 2.24) is 4.31 Å². The van der Waals surface area contributed by atoms with Gasteiger partial charge in [0.15, 0.2) is 0 Å². The van der Waals surface area contributed by atoms with Gasteiger partial charge in [-0.2, -0.15) is 8.78 Å². The third kappa shape index (κ3) is 3.43. The van der Waals surface area contributed by atoms with Crippen LogP contribution in [0, 0.1) is 5.92 Å². The molecule has 0 aromatic heterocycles. The maximum absolute atomic E-state index is 14.1. The molecule has 1 rings (SSSR count). The van der Waals surface area contributed by atoms with Gasteiger partial charge in [0.05, 0.1) is 19.8 Å². The highest BCUT2D eigenvalue weighted by atomic mass is 32.2. The molecule has 0 N–H and O–H groups in total. The highest BCUT2D eigenvalue weighted by molar-refractivity contribution is 7.90. The van der Waals surface area contributed by atoms with Gasteiger partial charge in [-0.1, -0.05) is 13.8 Å². The normalized spacial score (nSPS) is 21.0. The van der Waals surface area contributed by atoms with Gasteiger partial charge in [0.2, 0.25) is 10.0 Å². The van der Waals surface area contributed by atoms with Crippen LogP contribution in [0.15, 0.2) is 11.1 Å². The summed E-state index contributed by atoms with van der Waals surface area (Å²) in [7, 11) is -3.02. The van der Waals surface area contributed by atoms with Gasteiger partial charge in [0.25, 0.3) is 0 Å². The molecule has 0 amide bonds. The standard InChI is InChI=1S/C14H19F4NO6S/c1-5-19(6-2)26(22,23)10-8(12(21)25-4)7(11(20)24-3)9(10)14(17,18)13(15)16/h8,10,13H,5-6H2,1-4H3/t8-,10+/m1/s1. The Hall–Kier alpha value is -1.69. The van der Waals surface area contributed by atoms with E-state index in [9.17, 15) is 35.6 Å². The Balaban J connectivity index is 3.76. The lowest BCUT2D eigenvalue weighted by Crippen LogP contribution is -2.58. The van der Waals surface area contributed by atoms with Gasteiger partial charge in [0.1, 0.15) is 11.2 Å². The summed E-state index contributed by atoms with van der Waals surface area (Å²) in [4.78, 5) is 23.8. The minimum absolute atomic E-state index is 0.148. The zero-order valence-electron chi connectivity index (χ0n) is 14.5. The molecule has 150 valence electrons. The molecule has 0 spiro atoms. The highest BCUT2D eigenvalue weighted by Gasteiger charge is 2.65. The number of nitrogens with zero attached hydrogens (tertiary/aromatic N) is 1. The Morgan fingerprint density at radius 2 is 1.65 bits per heavy atom. The van der Waals surface area contributed by atoms with Crippen LogP contribution in [0.4, 0.5) is 17.6 Å². The van der Waals surface area contributed by atoms with E-state index in [1.807, 2.05) is 0 Å². The molecule has 7 nitrogen and oxygen atoms in total. The lowest BCUT2D eigenvalue weighted by Gasteiger charge is -2.42. The first-order valence-electron chi connectivity index (χ1n) is 7.48. The highest BCUT2D eigenvalue weighted by Crippen LogP contribution is 2.51. The minimum atomic E-state index is -4.95. The van der Waals surface area contributed by atoms with E-state index in [4.69, 9.17) is 0 Å². The van der Waals surface area contributed by atoms with Gasteiger partial charge in [-0.15, -0.1) is 0 Å². The first-order chi connectivity index (χ1) is 11.9. The first-order valence-corrected chi connectivity index (χ1v) is 8.99. The van der Waals surface area contributed by atoms with Crippen LogP contribution in [-0.2, 0) is 29.1 Å². The number of hydrogen-bond acceptors (Lipinski definition) is 6. The van der Waals surface area contributed by atoms with Crippen LogP contribution >= 0.6 is 0 Å². The van der Waals surface area contributed by atoms with Gasteiger partial charge in [-0.3, -0.25) is 4.79 Å². The number of sulfonamides is 1. The predicted octanol–water partition coefficient (Wildman–Crippen LogP) is 1.20. The topological polar surface area (TPSA) is 90.0 Å². The van der Waals surface area contributed by atoms with Crippen molar-refractivity contribution in [2.24, 2.45) is 5.92 Å². The van der Waals surface area contributed by atoms with Crippen LogP contribution < -0.4 is 0 Å². The molecular weight excluding hydrogens is 386 g/mol. The summed E-state index contributed by atoms with van der Waals surface area (Å²) in [6.45, 7) is 2.51. The number of alkyl halides is 4. The van der Waals surface area contributed by atoms with Gasteiger partial charge in [-0.05, 0) is 0 Å². The molecule has 0 aromatic rings. The Kier molecular flexibility index (Phi) is 6.80. The average molecular weight is 405 g/mol. The Morgan fingerprint density at radius 3 is 2.00 bits per heavy atom. The van der Waals surface area contributed by atoms with E-state index in [-0.39, 0.29) is 13.1 Å². The summed E-state index contributed by atoms with van der Waals surface area (Å²) in [5, 5.41) is -2.35. The molecule has 1 aliphatic carbocycles. The van der Waals surface area contributed by atoms with E-state index < -0.39 is 56.6 Å². The second-order valence-electron chi connectivity index (χ2n) is 5.29. The number of carbonyl (C=O) groups is 2. The summed E-state index contributed by atoms with van der Waals surface area (Å²) in [5.74, 6) is -9.75. The van der Waals surface area contributed by atoms with Crippen molar-refractivity contribution in [3.63, 3.8) is 0 Å². The van der Waals surface area contributed by atoms with E-state index in [2.05, 4.69) is 9.47 Å². The number of halogens is 4. The van der Waals surface area contributed by atoms with Crippen molar-refractivity contribution >= 4 is 22.0 Å². The number of rotatable bonds is 8. The summed E-state index contributed by atoms with van der Waals surface area (Å²) >= 11 is 0. The summed E-state index contributed by atoms with van der Waals surface area (Å²) in [6, 6.07) is 0. The molecule has 0 saturated heterocycles. The molecule has 1 aliphatic rings. The predicted molar refractivity (Wildman–Crippen MR) is 81.1 cm³/mol. The molecule has 12 heteroatoms. The van der Waals surface area contributed by atoms with Crippen molar-refractivity contribution in [2.45, 2.75) is 31.4 Å². The lowest BCUT2D eigenvalue weighted by atomic mass is 9.73. The number of ether oxygens (including phenoxy) is 2. The lowest BCUT2D eigenvalue weighted by molar-refractivity contribution is -0.151. The molecule has 0 aliphatic heterocycles. The number of carbonyl (C=O) groups excluding carboxylic acids is 2. The van der Waals surface area contributed by atoms with Gasteiger partial charge in [0, 0.05) is 18.7 Å². The molecule has 0 radical (unpaired) electrons. The fourth-order valence-corrected chi connectivity index (χ4v) is 5.02. The van der Waals surface area contributed by atoms with Crippen molar-refractivity contribution in [1.29, 1.82) is 0 Å². The van der Waals surface area contributed by atoms with Crippen LogP contribution in [-0.4, -0.2) is 69.6 Å². The largest absolute Gasteiger partial charge is 0.469 e. The molecular formula is C14H19F4NO6S. The van der Waals surface area contributed by atoms with Crippen LogP contribution in [0.3, 0.4) is 0 Å². The molecule has 0 heterocycles. The zero-order chi connectivity index (χ0) is 20.4. The van der Waals surface area contributed by atoms with E-state index in [0.717, 1.165) is 18.5 Å². The van der Waals surface area contributed by atoms with Gasteiger partial charge in [-0.25, -0.2) is 26.3 Å². The molecule has 26 heavy (non-hydrogen) atoms. The Labute approximate surface area is 148 Å². The van der Waals surface area contributed by atoms with Crippen LogP contribution in [0.1, 0.15) is 13.8 Å². The fourth-order valence-electron chi connectivity index (χ4n) is 2.81. The Morgan fingerprint density at radius 1 is 1.15 bits per heavy atom. The van der Waals surface area contributed by atoms with E-state index >= 15 is 0 Å². The molecule has 2 atom stereocenters. The smallest absolute Gasteiger partial charge is 0.334 e. The van der Waals surface area contributed by atoms with Crippen molar-refractivity contribution < 1.29 is 45.0 Å². The van der Waals surface area contributed by atoms with Crippen molar-refractivity contribution in [3.05, 3.63) is 11.1 Å². The minimum Gasteiger partial charge on any atom is -0.469 e. The van der Waals surface area contributed by atoms with Crippen molar-refractivity contribution in [3.8, 4) is 0 Å². The van der Waals surface area contributed by atoms with Gasteiger partial charge >= 0.3 is 24.3 Å². The molecule has 0 unspecified atom stereocenters.